The second-order valence-electron chi connectivity index (χ2n) is 6.84. The van der Waals surface area contributed by atoms with E-state index in [9.17, 15) is 9.59 Å². The van der Waals surface area contributed by atoms with Gasteiger partial charge in [-0.2, -0.15) is 0 Å². The van der Waals surface area contributed by atoms with E-state index in [4.69, 9.17) is 26.5 Å². The monoisotopic (exact) mass is 419 g/mol. The predicted octanol–water partition coefficient (Wildman–Crippen LogP) is 4.64. The predicted molar refractivity (Wildman–Crippen MR) is 114 cm³/mol. The summed E-state index contributed by atoms with van der Waals surface area (Å²) in [4.78, 5) is 25.1. The number of nitrogens with zero attached hydrogens (tertiary/aromatic N) is 1. The number of amides is 1. The molecule has 150 valence electrons. The number of carboxylic acids is 1. The van der Waals surface area contributed by atoms with E-state index in [1.54, 1.807) is 24.3 Å². The zero-order valence-electron chi connectivity index (χ0n) is 16.0. The van der Waals surface area contributed by atoms with Crippen molar-refractivity contribution in [1.29, 1.82) is 0 Å². The summed E-state index contributed by atoms with van der Waals surface area (Å²) < 4.78 is 11.3. The van der Waals surface area contributed by atoms with E-state index in [-0.39, 0.29) is 22.4 Å². The molecule has 30 heavy (non-hydrogen) atoms. The van der Waals surface area contributed by atoms with Gasteiger partial charge >= 0.3 is 5.97 Å². The Morgan fingerprint density at radius 3 is 2.43 bits per heavy atom. The van der Waals surface area contributed by atoms with E-state index >= 15 is 0 Å². The molecule has 0 atom stereocenters. The van der Waals surface area contributed by atoms with Crippen LogP contribution in [0.3, 0.4) is 0 Å². The Bertz CT molecular complexity index is 1160. The quantitative estimate of drug-likeness (QED) is 0.479. The van der Waals surface area contributed by atoms with Gasteiger partial charge in [-0.15, -0.1) is 0 Å². The van der Waals surface area contributed by atoms with Crippen LogP contribution in [0.15, 0.2) is 70.8 Å². The van der Waals surface area contributed by atoms with Crippen LogP contribution in [-0.2, 0) is 16.1 Å². The number of aromatic carboxylic acids is 1. The Kier molecular flexibility index (Phi) is 5.20. The molecule has 7 heteroatoms. The molecule has 2 aromatic carbocycles. The van der Waals surface area contributed by atoms with Gasteiger partial charge in [0.25, 0.3) is 11.1 Å². The zero-order valence-corrected chi connectivity index (χ0v) is 16.8. The number of carboxylic acid groups (broad SMARTS) is 1. The highest BCUT2D eigenvalue weighted by atomic mass is 32.1. The van der Waals surface area contributed by atoms with Gasteiger partial charge in [0, 0.05) is 11.6 Å². The third kappa shape index (κ3) is 4.01. The summed E-state index contributed by atoms with van der Waals surface area (Å²) in [5.41, 5.74) is 3.00. The van der Waals surface area contributed by atoms with Crippen molar-refractivity contribution >= 4 is 35.3 Å². The lowest BCUT2D eigenvalue weighted by Crippen LogP contribution is -2.27. The third-order valence-corrected chi connectivity index (χ3v) is 4.96. The van der Waals surface area contributed by atoms with Gasteiger partial charge in [-0.05, 0) is 49.0 Å². The average molecular weight is 419 g/mol. The minimum Gasteiger partial charge on any atom is -0.478 e. The molecule has 1 amide bonds. The lowest BCUT2D eigenvalue weighted by atomic mass is 10.1. The van der Waals surface area contributed by atoms with Crippen LogP contribution in [0.5, 0.6) is 0 Å². The highest BCUT2D eigenvalue weighted by Crippen LogP contribution is 2.26. The number of carbonyl (C=O) groups excluding carboxylic acids is 1. The molecule has 2 heterocycles. The highest BCUT2D eigenvalue weighted by molar-refractivity contribution is 7.80. The van der Waals surface area contributed by atoms with Gasteiger partial charge in [-0.1, -0.05) is 42.0 Å². The highest BCUT2D eigenvalue weighted by Gasteiger charge is 2.33. The van der Waals surface area contributed by atoms with Crippen molar-refractivity contribution in [2.45, 2.75) is 13.5 Å². The van der Waals surface area contributed by atoms with Crippen LogP contribution < -0.4 is 0 Å². The molecule has 6 nitrogen and oxygen atoms in total. The SMILES string of the molecule is Cc1ccc(CN2C(=O)/C(=C/c3ccc(-c4ccc(C(=O)O)cc4)o3)OC2=S)cc1. The van der Waals surface area contributed by atoms with Crippen LogP contribution in [-0.4, -0.2) is 27.1 Å². The van der Waals surface area contributed by atoms with Gasteiger partial charge in [-0.25, -0.2) is 4.79 Å². The first-order valence-electron chi connectivity index (χ1n) is 9.15. The van der Waals surface area contributed by atoms with Gasteiger partial charge in [0.15, 0.2) is 5.76 Å². The molecule has 1 N–H and O–H groups in total. The maximum Gasteiger partial charge on any atom is 0.335 e. The van der Waals surface area contributed by atoms with Crippen LogP contribution in [0, 0.1) is 6.92 Å². The number of hydrogen-bond donors (Lipinski definition) is 1. The smallest absolute Gasteiger partial charge is 0.335 e. The lowest BCUT2D eigenvalue weighted by Gasteiger charge is -2.12. The molecule has 0 unspecified atom stereocenters. The van der Waals surface area contributed by atoms with E-state index in [1.807, 2.05) is 31.2 Å². The van der Waals surface area contributed by atoms with E-state index in [1.165, 1.54) is 23.1 Å². The van der Waals surface area contributed by atoms with Crippen LogP contribution in [0.25, 0.3) is 17.4 Å². The van der Waals surface area contributed by atoms with Crippen molar-refractivity contribution in [3.05, 3.63) is 88.9 Å². The number of benzene rings is 2. The molecule has 0 spiro atoms. The summed E-state index contributed by atoms with van der Waals surface area (Å²) in [5.74, 6) is -0.257. The number of carbonyl (C=O) groups is 2. The summed E-state index contributed by atoms with van der Waals surface area (Å²) in [6.45, 7) is 2.33. The Balaban J connectivity index is 1.51. The standard InChI is InChI=1S/C23H17NO5S/c1-14-2-4-15(5-3-14)13-24-21(25)20(29-23(24)30)12-18-10-11-19(28-18)16-6-8-17(9-7-16)22(26)27/h2-12H,13H2,1H3,(H,26,27)/b20-12-. The number of rotatable bonds is 5. The molecule has 0 bridgehead atoms. The molecule has 4 rings (SSSR count). The van der Waals surface area contributed by atoms with Crippen molar-refractivity contribution < 1.29 is 23.8 Å². The van der Waals surface area contributed by atoms with Crippen LogP contribution in [0.4, 0.5) is 0 Å². The summed E-state index contributed by atoms with van der Waals surface area (Å²) in [6, 6.07) is 17.6. The summed E-state index contributed by atoms with van der Waals surface area (Å²) in [7, 11) is 0. The summed E-state index contributed by atoms with van der Waals surface area (Å²) in [5, 5.41) is 9.09. The number of ether oxygens (including phenoxy) is 1. The zero-order chi connectivity index (χ0) is 21.3. The largest absolute Gasteiger partial charge is 0.478 e. The Morgan fingerprint density at radius 2 is 1.77 bits per heavy atom. The number of thiocarbonyl (C=S) groups is 1. The molecular weight excluding hydrogens is 402 g/mol. The van der Waals surface area contributed by atoms with Crippen molar-refractivity contribution in [3.63, 3.8) is 0 Å². The fourth-order valence-corrected chi connectivity index (χ4v) is 3.24. The fourth-order valence-electron chi connectivity index (χ4n) is 3.00. The Hall–Kier alpha value is -3.71. The molecule has 1 aliphatic rings. The van der Waals surface area contributed by atoms with E-state index < -0.39 is 5.97 Å². The summed E-state index contributed by atoms with van der Waals surface area (Å²) >= 11 is 5.21. The van der Waals surface area contributed by atoms with E-state index in [2.05, 4.69) is 0 Å². The molecule has 1 aliphatic heterocycles. The van der Waals surface area contributed by atoms with Crippen LogP contribution in [0.1, 0.15) is 27.2 Å². The first-order chi connectivity index (χ1) is 14.4. The van der Waals surface area contributed by atoms with Gasteiger partial charge < -0.3 is 14.3 Å². The Labute approximate surface area is 178 Å². The van der Waals surface area contributed by atoms with Gasteiger partial charge in [0.05, 0.1) is 12.1 Å². The van der Waals surface area contributed by atoms with Crippen molar-refractivity contribution in [2.24, 2.45) is 0 Å². The van der Waals surface area contributed by atoms with Crippen LogP contribution >= 0.6 is 12.2 Å². The first-order valence-corrected chi connectivity index (χ1v) is 9.56. The number of hydrogen-bond acceptors (Lipinski definition) is 5. The van der Waals surface area contributed by atoms with Gasteiger partial charge in [0.1, 0.15) is 11.5 Å². The molecule has 3 aromatic rings. The van der Waals surface area contributed by atoms with E-state index in [0.717, 1.165) is 16.7 Å². The summed E-state index contributed by atoms with van der Waals surface area (Å²) in [6.07, 6.45) is 1.50. The Morgan fingerprint density at radius 1 is 1.07 bits per heavy atom. The fraction of sp³-hybridized carbons (Fsp3) is 0.0870. The normalized spacial score (nSPS) is 15.0. The molecule has 1 fully saturated rings. The lowest BCUT2D eigenvalue weighted by molar-refractivity contribution is -0.123. The van der Waals surface area contributed by atoms with Gasteiger partial charge in [0.2, 0.25) is 0 Å². The topological polar surface area (TPSA) is 80.0 Å². The molecule has 1 saturated heterocycles. The van der Waals surface area contributed by atoms with Crippen molar-refractivity contribution in [3.8, 4) is 11.3 Å². The molecule has 0 aliphatic carbocycles. The second kappa shape index (κ2) is 7.96. The molecule has 0 saturated carbocycles. The first kappa shape index (κ1) is 19.6. The molecular formula is C23H17NO5S. The van der Waals surface area contributed by atoms with Crippen molar-refractivity contribution in [2.75, 3.05) is 0 Å². The molecule has 0 radical (unpaired) electrons. The minimum absolute atomic E-state index is 0.0919. The second-order valence-corrected chi connectivity index (χ2v) is 7.19. The van der Waals surface area contributed by atoms with Crippen molar-refractivity contribution in [1.82, 2.24) is 4.90 Å². The average Bonchev–Trinajstić information content (AvgIpc) is 3.30. The maximum absolute atomic E-state index is 12.7. The third-order valence-electron chi connectivity index (χ3n) is 4.65. The van der Waals surface area contributed by atoms with E-state index in [0.29, 0.717) is 18.1 Å². The number of furan rings is 1. The maximum atomic E-state index is 12.7. The van der Waals surface area contributed by atoms with Crippen LogP contribution in [0.2, 0.25) is 0 Å². The van der Waals surface area contributed by atoms with Gasteiger partial charge in [-0.3, -0.25) is 9.69 Å². The molecule has 1 aromatic heterocycles. The minimum atomic E-state index is -0.991. The number of aryl methyl sites for hydroxylation is 1.